The second-order valence-electron chi connectivity index (χ2n) is 7.31. The summed E-state index contributed by atoms with van der Waals surface area (Å²) in [7, 11) is 0. The van der Waals surface area contributed by atoms with Crippen LogP contribution in [0.25, 0.3) is 0 Å². The number of rotatable bonds is 8. The van der Waals surface area contributed by atoms with Crippen LogP contribution in [0.4, 0.5) is 0 Å². The Balaban J connectivity index is 1.39. The highest BCUT2D eigenvalue weighted by Gasteiger charge is 2.22. The van der Waals surface area contributed by atoms with Gasteiger partial charge in [0.1, 0.15) is 0 Å². The number of nitrogens with one attached hydrogen (secondary N) is 2. The van der Waals surface area contributed by atoms with Gasteiger partial charge >= 0.3 is 0 Å². The van der Waals surface area contributed by atoms with Crippen molar-refractivity contribution >= 4 is 23.2 Å². The average molecular weight is 414 g/mol. The number of aryl methyl sites for hydroxylation is 2. The smallest absolute Gasteiger partial charge is 0.223 e. The summed E-state index contributed by atoms with van der Waals surface area (Å²) in [5, 5.41) is 7.78. The SMILES string of the molecule is CCNC(=NCCCC(=O)N1Cc2ccccc2C1)NCCc1nc(C)c(C)s1. The Hall–Kier alpha value is -2.41. The van der Waals surface area contributed by atoms with Crippen LogP contribution in [0.3, 0.4) is 0 Å². The predicted octanol–water partition coefficient (Wildman–Crippen LogP) is 3.18. The Morgan fingerprint density at radius 1 is 1.21 bits per heavy atom. The second-order valence-corrected chi connectivity index (χ2v) is 8.60. The van der Waals surface area contributed by atoms with Crippen molar-refractivity contribution in [2.45, 2.75) is 53.1 Å². The van der Waals surface area contributed by atoms with Crippen molar-refractivity contribution in [1.82, 2.24) is 20.5 Å². The van der Waals surface area contributed by atoms with Crippen LogP contribution in [-0.2, 0) is 24.3 Å². The van der Waals surface area contributed by atoms with Gasteiger partial charge in [0.2, 0.25) is 5.91 Å². The lowest BCUT2D eigenvalue weighted by molar-refractivity contribution is -0.131. The van der Waals surface area contributed by atoms with Crippen LogP contribution >= 0.6 is 11.3 Å². The number of aromatic nitrogens is 1. The maximum Gasteiger partial charge on any atom is 0.223 e. The van der Waals surface area contributed by atoms with E-state index >= 15 is 0 Å². The third-order valence-corrected chi connectivity index (χ3v) is 6.19. The fraction of sp³-hybridized carbons (Fsp3) is 0.500. The summed E-state index contributed by atoms with van der Waals surface area (Å²) in [6.45, 7) is 9.93. The molecule has 0 fully saturated rings. The first-order valence-corrected chi connectivity index (χ1v) is 11.2. The van der Waals surface area contributed by atoms with Gasteiger partial charge in [-0.25, -0.2) is 4.98 Å². The van der Waals surface area contributed by atoms with Gasteiger partial charge in [-0.1, -0.05) is 24.3 Å². The van der Waals surface area contributed by atoms with Crippen LogP contribution in [0, 0.1) is 13.8 Å². The largest absolute Gasteiger partial charge is 0.357 e. The Morgan fingerprint density at radius 3 is 2.55 bits per heavy atom. The van der Waals surface area contributed by atoms with Crippen molar-refractivity contribution in [3.05, 3.63) is 51.0 Å². The zero-order valence-corrected chi connectivity index (χ0v) is 18.4. The molecule has 0 radical (unpaired) electrons. The highest BCUT2D eigenvalue weighted by Crippen LogP contribution is 2.23. The number of carbonyl (C=O) groups is 1. The zero-order valence-electron chi connectivity index (χ0n) is 17.6. The second kappa shape index (κ2) is 10.4. The maximum atomic E-state index is 12.5. The first kappa shape index (κ1) is 21.3. The van der Waals surface area contributed by atoms with Crippen LogP contribution < -0.4 is 10.6 Å². The Labute approximate surface area is 177 Å². The van der Waals surface area contributed by atoms with E-state index in [9.17, 15) is 4.79 Å². The number of thiazole rings is 1. The molecule has 0 spiro atoms. The van der Waals surface area contributed by atoms with Gasteiger partial charge in [0.25, 0.3) is 0 Å². The average Bonchev–Trinajstić information content (AvgIpc) is 3.28. The van der Waals surface area contributed by atoms with E-state index in [1.54, 1.807) is 11.3 Å². The fourth-order valence-corrected chi connectivity index (χ4v) is 4.30. The lowest BCUT2D eigenvalue weighted by atomic mass is 10.1. The van der Waals surface area contributed by atoms with Gasteiger partial charge in [-0.3, -0.25) is 9.79 Å². The molecule has 1 aliphatic rings. The topological polar surface area (TPSA) is 69.6 Å². The van der Waals surface area contributed by atoms with E-state index in [0.717, 1.165) is 55.7 Å². The summed E-state index contributed by atoms with van der Waals surface area (Å²) >= 11 is 1.76. The van der Waals surface area contributed by atoms with E-state index in [1.165, 1.54) is 16.0 Å². The molecule has 0 unspecified atom stereocenters. The van der Waals surface area contributed by atoms with Gasteiger partial charge in [-0.15, -0.1) is 11.3 Å². The van der Waals surface area contributed by atoms with E-state index in [4.69, 9.17) is 0 Å². The molecule has 0 saturated carbocycles. The molecule has 1 amide bonds. The molecule has 29 heavy (non-hydrogen) atoms. The summed E-state index contributed by atoms with van der Waals surface area (Å²) in [6, 6.07) is 8.28. The first-order chi connectivity index (χ1) is 14.1. The number of aliphatic imine (C=N–C) groups is 1. The molecule has 7 heteroatoms. The van der Waals surface area contributed by atoms with Gasteiger partial charge in [-0.05, 0) is 38.3 Å². The van der Waals surface area contributed by atoms with Crippen LogP contribution in [0.2, 0.25) is 0 Å². The highest BCUT2D eigenvalue weighted by molar-refractivity contribution is 7.11. The van der Waals surface area contributed by atoms with Crippen molar-refractivity contribution in [2.75, 3.05) is 19.6 Å². The molecule has 0 atom stereocenters. The summed E-state index contributed by atoms with van der Waals surface area (Å²) in [4.78, 5) is 24.9. The number of hydrogen-bond acceptors (Lipinski definition) is 4. The van der Waals surface area contributed by atoms with Gasteiger partial charge < -0.3 is 15.5 Å². The van der Waals surface area contributed by atoms with Crippen LogP contribution in [0.15, 0.2) is 29.3 Å². The molecule has 0 aliphatic carbocycles. The Bertz CT molecular complexity index is 816. The highest BCUT2D eigenvalue weighted by atomic mass is 32.1. The minimum Gasteiger partial charge on any atom is -0.357 e. The minimum absolute atomic E-state index is 0.212. The predicted molar refractivity (Wildman–Crippen MR) is 119 cm³/mol. The molecule has 1 aromatic heterocycles. The van der Waals surface area contributed by atoms with Crippen molar-refractivity contribution in [3.63, 3.8) is 0 Å². The first-order valence-electron chi connectivity index (χ1n) is 10.4. The van der Waals surface area contributed by atoms with Gasteiger partial charge in [0.05, 0.1) is 10.7 Å². The van der Waals surface area contributed by atoms with E-state index in [2.05, 4.69) is 53.5 Å². The number of nitrogens with zero attached hydrogens (tertiary/aromatic N) is 3. The van der Waals surface area contributed by atoms with Crippen molar-refractivity contribution in [2.24, 2.45) is 4.99 Å². The number of fused-ring (bicyclic) bond motifs is 1. The normalized spacial score (nSPS) is 13.5. The number of benzene rings is 1. The fourth-order valence-electron chi connectivity index (χ4n) is 3.36. The molecule has 156 valence electrons. The molecule has 2 N–H and O–H groups in total. The third-order valence-electron chi connectivity index (χ3n) is 5.06. The van der Waals surface area contributed by atoms with Crippen LogP contribution in [0.1, 0.15) is 46.5 Å². The lowest BCUT2D eigenvalue weighted by Gasteiger charge is -2.15. The van der Waals surface area contributed by atoms with Crippen molar-refractivity contribution < 1.29 is 4.79 Å². The van der Waals surface area contributed by atoms with Crippen molar-refractivity contribution in [1.29, 1.82) is 0 Å². The van der Waals surface area contributed by atoms with E-state index in [1.807, 2.05) is 17.0 Å². The maximum absolute atomic E-state index is 12.5. The van der Waals surface area contributed by atoms with Crippen LogP contribution in [-0.4, -0.2) is 41.4 Å². The summed E-state index contributed by atoms with van der Waals surface area (Å²) in [5.74, 6) is 1.02. The molecule has 1 aromatic carbocycles. The van der Waals surface area contributed by atoms with Gasteiger partial charge in [0.15, 0.2) is 5.96 Å². The van der Waals surface area contributed by atoms with E-state index < -0.39 is 0 Å². The quantitative estimate of drug-likeness (QED) is 0.396. The number of hydrogen-bond donors (Lipinski definition) is 2. The minimum atomic E-state index is 0.212. The molecule has 0 bridgehead atoms. The Kier molecular flexibility index (Phi) is 7.63. The number of guanidine groups is 1. The Morgan fingerprint density at radius 2 is 1.93 bits per heavy atom. The summed E-state index contributed by atoms with van der Waals surface area (Å²) in [6.07, 6.45) is 2.18. The molecule has 3 rings (SSSR count). The molecule has 0 saturated heterocycles. The molecule has 2 heterocycles. The number of carbonyl (C=O) groups excluding carboxylic acids is 1. The summed E-state index contributed by atoms with van der Waals surface area (Å²) in [5.41, 5.74) is 3.66. The third kappa shape index (κ3) is 6.03. The summed E-state index contributed by atoms with van der Waals surface area (Å²) < 4.78 is 0. The lowest BCUT2D eigenvalue weighted by Crippen LogP contribution is -2.38. The molecule has 1 aliphatic heterocycles. The zero-order chi connectivity index (χ0) is 20.6. The standard InChI is InChI=1S/C22H31N5OS/c1-4-23-22(25-13-11-20-26-16(2)17(3)29-20)24-12-7-10-21(28)27-14-18-8-5-6-9-19(18)15-27/h5-6,8-9H,4,7,10-15H2,1-3H3,(H2,23,24,25). The van der Waals surface area contributed by atoms with Gasteiger partial charge in [0, 0.05) is 50.4 Å². The number of amides is 1. The molecular weight excluding hydrogens is 382 g/mol. The van der Waals surface area contributed by atoms with E-state index in [0.29, 0.717) is 13.0 Å². The van der Waals surface area contributed by atoms with Crippen molar-refractivity contribution in [3.8, 4) is 0 Å². The van der Waals surface area contributed by atoms with Crippen LogP contribution in [0.5, 0.6) is 0 Å². The monoisotopic (exact) mass is 413 g/mol. The molecule has 2 aromatic rings. The van der Waals surface area contributed by atoms with Gasteiger partial charge in [-0.2, -0.15) is 0 Å². The molecular formula is C22H31N5OS. The molecule has 6 nitrogen and oxygen atoms in total. The van der Waals surface area contributed by atoms with E-state index in [-0.39, 0.29) is 5.91 Å².